The van der Waals surface area contributed by atoms with Crippen molar-refractivity contribution in [1.29, 1.82) is 0 Å². The molecule has 1 heterocycles. The van der Waals surface area contributed by atoms with Crippen molar-refractivity contribution in [2.45, 2.75) is 11.7 Å². The summed E-state index contributed by atoms with van der Waals surface area (Å²) in [7, 11) is 1.59. The van der Waals surface area contributed by atoms with Gasteiger partial charge in [0, 0.05) is 5.56 Å². The lowest BCUT2D eigenvalue weighted by atomic mass is 10.1. The molecule has 0 aliphatic carbocycles. The quantitative estimate of drug-likeness (QED) is 0.661. The number of para-hydroxylation sites is 1. The highest BCUT2D eigenvalue weighted by Crippen LogP contribution is 2.23. The Bertz CT molecular complexity index is 821. The molecule has 3 rings (SSSR count). The number of nitrogens with one attached hydrogen (secondary N) is 1. The van der Waals surface area contributed by atoms with Gasteiger partial charge in [-0.2, -0.15) is 5.10 Å². The summed E-state index contributed by atoms with van der Waals surface area (Å²) in [5.74, 6) is 0.282. The first-order chi connectivity index (χ1) is 12.2. The molecule has 0 spiro atoms. The normalized spacial score (nSPS) is 18.7. The van der Waals surface area contributed by atoms with Crippen LogP contribution in [0.3, 0.4) is 0 Å². The van der Waals surface area contributed by atoms with Crippen molar-refractivity contribution in [1.82, 2.24) is 5.32 Å². The van der Waals surface area contributed by atoms with E-state index in [1.54, 1.807) is 25.5 Å². The number of rotatable bonds is 5. The van der Waals surface area contributed by atoms with Gasteiger partial charge in [-0.15, -0.1) is 5.10 Å². The number of methoxy groups -OCH3 is 1. The third-order valence-corrected chi connectivity index (χ3v) is 4.67. The van der Waals surface area contributed by atoms with E-state index < -0.39 is 0 Å². The van der Waals surface area contributed by atoms with E-state index in [-0.39, 0.29) is 17.0 Å². The van der Waals surface area contributed by atoms with Crippen molar-refractivity contribution >= 4 is 29.1 Å². The van der Waals surface area contributed by atoms with Gasteiger partial charge in [0.15, 0.2) is 5.17 Å². The molecular weight excluding hydrogens is 341 g/mol. The zero-order valence-electron chi connectivity index (χ0n) is 13.5. The summed E-state index contributed by atoms with van der Waals surface area (Å²) < 4.78 is 18.2. The first kappa shape index (κ1) is 17.2. The lowest BCUT2D eigenvalue weighted by Crippen LogP contribution is -2.25. The average molecular weight is 357 g/mol. The molecule has 1 N–H and O–H groups in total. The second-order valence-electron chi connectivity index (χ2n) is 5.32. The maximum atomic E-state index is 12.9. The zero-order chi connectivity index (χ0) is 17.6. The second kappa shape index (κ2) is 7.94. The van der Waals surface area contributed by atoms with E-state index in [9.17, 15) is 9.18 Å². The molecule has 7 heteroatoms. The van der Waals surface area contributed by atoms with Gasteiger partial charge in [0.25, 0.3) is 0 Å². The minimum Gasteiger partial charge on any atom is -0.496 e. The number of halogens is 1. The van der Waals surface area contributed by atoms with E-state index in [0.717, 1.165) is 11.1 Å². The summed E-state index contributed by atoms with van der Waals surface area (Å²) in [6.07, 6.45) is 2.08. The van der Waals surface area contributed by atoms with E-state index in [0.29, 0.717) is 17.3 Å². The van der Waals surface area contributed by atoms with E-state index in [1.165, 1.54) is 23.9 Å². The van der Waals surface area contributed by atoms with Crippen molar-refractivity contribution in [2.24, 2.45) is 10.2 Å². The molecule has 0 bridgehead atoms. The number of amides is 1. The van der Waals surface area contributed by atoms with Crippen LogP contribution in [0.2, 0.25) is 0 Å². The molecule has 1 saturated heterocycles. The number of amidine groups is 1. The topological polar surface area (TPSA) is 63.1 Å². The van der Waals surface area contributed by atoms with Gasteiger partial charge in [-0.05, 0) is 36.2 Å². The van der Waals surface area contributed by atoms with Gasteiger partial charge < -0.3 is 10.1 Å². The Hall–Kier alpha value is -2.67. The number of hydrogen-bond acceptors (Lipinski definition) is 5. The number of carbonyl (C=O) groups is 1. The Balaban J connectivity index is 1.64. The number of nitrogens with zero attached hydrogens (tertiary/aromatic N) is 2. The van der Waals surface area contributed by atoms with Crippen molar-refractivity contribution < 1.29 is 13.9 Å². The fourth-order valence-electron chi connectivity index (χ4n) is 2.34. The van der Waals surface area contributed by atoms with Gasteiger partial charge in [-0.25, -0.2) is 4.39 Å². The van der Waals surface area contributed by atoms with Crippen molar-refractivity contribution in [2.75, 3.05) is 7.11 Å². The van der Waals surface area contributed by atoms with E-state index in [4.69, 9.17) is 4.74 Å². The maximum Gasteiger partial charge on any atom is 0.239 e. The lowest BCUT2D eigenvalue weighted by molar-refractivity contribution is -0.118. The first-order valence-corrected chi connectivity index (χ1v) is 8.49. The molecule has 0 saturated carbocycles. The molecule has 25 heavy (non-hydrogen) atoms. The van der Waals surface area contributed by atoms with Gasteiger partial charge in [-0.1, -0.05) is 36.0 Å². The second-order valence-corrected chi connectivity index (χ2v) is 6.51. The van der Waals surface area contributed by atoms with Gasteiger partial charge in [0.2, 0.25) is 5.91 Å². The molecular formula is C18H16FN3O2S. The minimum absolute atomic E-state index is 0.124. The summed E-state index contributed by atoms with van der Waals surface area (Å²) in [6, 6.07) is 13.6. The smallest absolute Gasteiger partial charge is 0.239 e. The number of carbonyl (C=O) groups excluding carboxylic acids is 1. The standard InChI is InChI=1S/C18H16FN3O2S/c1-24-15-5-3-2-4-13(15)11-20-22-18-21-17(23)16(25-18)10-12-6-8-14(19)9-7-12/h2-9,11,16H,10H2,1H3,(H,21,22,23)/b20-11+/t16-/m0/s1. The van der Waals surface area contributed by atoms with Crippen LogP contribution in [0.15, 0.2) is 58.7 Å². The van der Waals surface area contributed by atoms with Crippen LogP contribution in [0.4, 0.5) is 4.39 Å². The summed E-state index contributed by atoms with van der Waals surface area (Å²) in [4.78, 5) is 12.0. The van der Waals surface area contributed by atoms with Crippen molar-refractivity contribution in [3.05, 3.63) is 65.5 Å². The molecule has 0 radical (unpaired) electrons. The average Bonchev–Trinajstić information content (AvgIpc) is 2.97. The molecule has 0 unspecified atom stereocenters. The number of thioether (sulfide) groups is 1. The summed E-state index contributed by atoms with van der Waals surface area (Å²) >= 11 is 1.31. The zero-order valence-corrected chi connectivity index (χ0v) is 14.3. The summed E-state index contributed by atoms with van der Waals surface area (Å²) in [6.45, 7) is 0. The number of ether oxygens (including phenoxy) is 1. The van der Waals surface area contributed by atoms with Crippen LogP contribution in [0, 0.1) is 5.82 Å². The van der Waals surface area contributed by atoms with Crippen molar-refractivity contribution in [3.63, 3.8) is 0 Å². The fourth-order valence-corrected chi connectivity index (χ4v) is 3.30. The molecule has 128 valence electrons. The first-order valence-electron chi connectivity index (χ1n) is 7.61. The van der Waals surface area contributed by atoms with Crippen LogP contribution in [0.5, 0.6) is 5.75 Å². The molecule has 1 aliphatic heterocycles. The van der Waals surface area contributed by atoms with Crippen LogP contribution >= 0.6 is 11.8 Å². The van der Waals surface area contributed by atoms with Crippen LogP contribution in [0.1, 0.15) is 11.1 Å². The number of benzene rings is 2. The van der Waals surface area contributed by atoms with Crippen LogP contribution < -0.4 is 10.1 Å². The maximum absolute atomic E-state index is 12.9. The molecule has 0 aromatic heterocycles. The highest BCUT2D eigenvalue weighted by atomic mass is 32.2. The molecule has 5 nitrogen and oxygen atoms in total. The fraction of sp³-hybridized carbons (Fsp3) is 0.167. The molecule has 2 aromatic rings. The highest BCUT2D eigenvalue weighted by Gasteiger charge is 2.30. The Morgan fingerprint density at radius 1 is 1.24 bits per heavy atom. The minimum atomic E-state index is -0.300. The van der Waals surface area contributed by atoms with Gasteiger partial charge >= 0.3 is 0 Å². The van der Waals surface area contributed by atoms with E-state index in [1.807, 2.05) is 24.3 Å². The molecule has 1 atom stereocenters. The van der Waals surface area contributed by atoms with Crippen LogP contribution in [0.25, 0.3) is 0 Å². The predicted octanol–water partition coefficient (Wildman–Crippen LogP) is 3.00. The predicted molar refractivity (Wildman–Crippen MR) is 97.6 cm³/mol. The summed E-state index contributed by atoms with van der Waals surface area (Å²) in [5.41, 5.74) is 1.69. The third-order valence-electron chi connectivity index (χ3n) is 3.60. The van der Waals surface area contributed by atoms with Crippen LogP contribution in [-0.4, -0.2) is 29.6 Å². The van der Waals surface area contributed by atoms with E-state index >= 15 is 0 Å². The Labute approximate surface area is 149 Å². The number of hydrogen-bond donors (Lipinski definition) is 1. The van der Waals surface area contributed by atoms with Gasteiger partial charge in [0.05, 0.1) is 18.6 Å². The van der Waals surface area contributed by atoms with Crippen molar-refractivity contribution in [3.8, 4) is 5.75 Å². The third kappa shape index (κ3) is 4.45. The Morgan fingerprint density at radius 2 is 2.00 bits per heavy atom. The summed E-state index contributed by atoms with van der Waals surface area (Å²) in [5, 5.41) is 10.9. The highest BCUT2D eigenvalue weighted by molar-refractivity contribution is 8.15. The molecule has 2 aromatic carbocycles. The largest absolute Gasteiger partial charge is 0.496 e. The Morgan fingerprint density at radius 3 is 2.76 bits per heavy atom. The SMILES string of the molecule is COc1ccccc1/C=N/N=C1/NC(=O)[C@H](Cc2ccc(F)cc2)S1. The molecule has 1 aliphatic rings. The lowest BCUT2D eigenvalue weighted by Gasteiger charge is -2.04. The van der Waals surface area contributed by atoms with Gasteiger partial charge in [0.1, 0.15) is 11.6 Å². The van der Waals surface area contributed by atoms with Crippen LogP contribution in [-0.2, 0) is 11.2 Å². The van der Waals surface area contributed by atoms with E-state index in [2.05, 4.69) is 15.5 Å². The Kier molecular flexibility index (Phi) is 5.45. The monoisotopic (exact) mass is 357 g/mol. The van der Waals surface area contributed by atoms with Gasteiger partial charge in [-0.3, -0.25) is 4.79 Å². The molecule has 1 amide bonds. The molecule has 1 fully saturated rings.